The van der Waals surface area contributed by atoms with Gasteiger partial charge in [0.1, 0.15) is 0 Å². The smallest absolute Gasteiger partial charge is 0.0992 e. The summed E-state index contributed by atoms with van der Waals surface area (Å²) in [5.74, 6) is 0. The lowest BCUT2D eigenvalue weighted by atomic mass is 10.0. The van der Waals surface area contributed by atoms with Crippen LogP contribution in [-0.4, -0.2) is 0 Å². The second kappa shape index (κ2) is 6.58. The van der Waals surface area contributed by atoms with Crippen LogP contribution in [0.4, 0.5) is 11.4 Å². The van der Waals surface area contributed by atoms with E-state index >= 15 is 0 Å². The molecule has 0 aliphatic heterocycles. The molecule has 0 bridgehead atoms. The van der Waals surface area contributed by atoms with Crippen molar-refractivity contribution in [2.24, 2.45) is 0 Å². The van der Waals surface area contributed by atoms with Crippen LogP contribution in [0, 0.1) is 11.3 Å². The van der Waals surface area contributed by atoms with Gasteiger partial charge in [-0.2, -0.15) is 5.26 Å². The molecule has 1 N–H and O–H groups in total. The predicted molar refractivity (Wildman–Crippen MR) is 87.3 cm³/mol. The number of nitrogens with zero attached hydrogens (tertiary/aromatic N) is 1. The third-order valence-electron chi connectivity index (χ3n) is 3.30. The lowest BCUT2D eigenvalue weighted by Gasteiger charge is -2.16. The van der Waals surface area contributed by atoms with Crippen molar-refractivity contribution >= 4 is 27.3 Å². The van der Waals surface area contributed by atoms with Crippen LogP contribution < -0.4 is 5.32 Å². The number of hydrogen-bond acceptors (Lipinski definition) is 2. The highest BCUT2D eigenvalue weighted by Gasteiger charge is 2.07. The Morgan fingerprint density at radius 2 is 1.75 bits per heavy atom. The molecular formula is C17H17BrN2. The molecule has 0 unspecified atom stereocenters. The zero-order valence-electron chi connectivity index (χ0n) is 11.7. The molecule has 0 amide bonds. The second-order valence-corrected chi connectivity index (χ2v) is 5.54. The van der Waals surface area contributed by atoms with Crippen LogP contribution in [0.15, 0.2) is 40.9 Å². The first-order valence-electron chi connectivity index (χ1n) is 6.76. The summed E-state index contributed by atoms with van der Waals surface area (Å²) in [4.78, 5) is 0. The molecule has 0 radical (unpaired) electrons. The van der Waals surface area contributed by atoms with E-state index in [2.05, 4.69) is 59.4 Å². The van der Waals surface area contributed by atoms with Crippen molar-refractivity contribution in [2.45, 2.75) is 26.7 Å². The molecule has 3 heteroatoms. The minimum Gasteiger partial charge on any atom is -0.355 e. The fraction of sp³-hybridized carbons (Fsp3) is 0.235. The summed E-state index contributed by atoms with van der Waals surface area (Å²) in [5, 5.41) is 12.5. The van der Waals surface area contributed by atoms with Gasteiger partial charge in [-0.25, -0.2) is 0 Å². The molecule has 0 fully saturated rings. The minimum atomic E-state index is 0.647. The normalized spacial score (nSPS) is 10.1. The summed E-state index contributed by atoms with van der Waals surface area (Å²) < 4.78 is 0.908. The molecule has 0 spiro atoms. The summed E-state index contributed by atoms with van der Waals surface area (Å²) in [5.41, 5.74) is 5.34. The summed E-state index contributed by atoms with van der Waals surface area (Å²) in [6, 6.07) is 14.3. The third kappa shape index (κ3) is 3.20. The highest BCUT2D eigenvalue weighted by Crippen LogP contribution is 2.28. The second-order valence-electron chi connectivity index (χ2n) is 4.62. The van der Waals surface area contributed by atoms with Gasteiger partial charge in [0.2, 0.25) is 0 Å². The summed E-state index contributed by atoms with van der Waals surface area (Å²) in [6.07, 6.45) is 1.96. The van der Waals surface area contributed by atoms with Gasteiger partial charge in [0.15, 0.2) is 0 Å². The maximum atomic E-state index is 9.06. The fourth-order valence-electron chi connectivity index (χ4n) is 2.27. The van der Waals surface area contributed by atoms with Crippen LogP contribution in [0.2, 0.25) is 0 Å². The molecule has 20 heavy (non-hydrogen) atoms. The van der Waals surface area contributed by atoms with Crippen LogP contribution in [0.3, 0.4) is 0 Å². The van der Waals surface area contributed by atoms with E-state index in [1.807, 2.05) is 18.2 Å². The number of rotatable bonds is 4. The molecule has 0 aromatic heterocycles. The van der Waals surface area contributed by atoms with E-state index in [0.717, 1.165) is 23.0 Å². The largest absolute Gasteiger partial charge is 0.355 e. The van der Waals surface area contributed by atoms with Gasteiger partial charge in [0.05, 0.1) is 11.6 Å². The fourth-order valence-corrected chi connectivity index (χ4v) is 2.77. The average molecular weight is 329 g/mol. The SMILES string of the molecule is CCc1cccc(CC)c1Nc1cc(Br)cc(C#N)c1. The Hall–Kier alpha value is -1.79. The van der Waals surface area contributed by atoms with Gasteiger partial charge in [-0.3, -0.25) is 0 Å². The molecule has 2 rings (SSSR count). The van der Waals surface area contributed by atoms with Gasteiger partial charge in [0, 0.05) is 15.8 Å². The molecule has 0 saturated heterocycles. The topological polar surface area (TPSA) is 35.8 Å². The van der Waals surface area contributed by atoms with Crippen LogP contribution >= 0.6 is 15.9 Å². The molecular weight excluding hydrogens is 312 g/mol. The van der Waals surface area contributed by atoms with E-state index in [1.165, 1.54) is 16.8 Å². The van der Waals surface area contributed by atoms with E-state index in [9.17, 15) is 0 Å². The Balaban J connectivity index is 2.44. The number of benzene rings is 2. The van der Waals surface area contributed by atoms with Crippen molar-refractivity contribution in [3.05, 3.63) is 57.6 Å². The summed E-state index contributed by atoms with van der Waals surface area (Å²) >= 11 is 3.45. The quantitative estimate of drug-likeness (QED) is 0.838. The van der Waals surface area contributed by atoms with Crippen molar-refractivity contribution in [3.63, 3.8) is 0 Å². The molecule has 102 valence electrons. The Labute approximate surface area is 128 Å². The maximum Gasteiger partial charge on any atom is 0.0992 e. The van der Waals surface area contributed by atoms with E-state index in [0.29, 0.717) is 5.56 Å². The number of nitriles is 1. The lowest BCUT2D eigenvalue weighted by Crippen LogP contribution is -2.00. The van der Waals surface area contributed by atoms with E-state index in [-0.39, 0.29) is 0 Å². The van der Waals surface area contributed by atoms with Gasteiger partial charge in [-0.15, -0.1) is 0 Å². The minimum absolute atomic E-state index is 0.647. The summed E-state index contributed by atoms with van der Waals surface area (Å²) in [7, 11) is 0. The summed E-state index contributed by atoms with van der Waals surface area (Å²) in [6.45, 7) is 4.31. The Morgan fingerprint density at radius 3 is 2.30 bits per heavy atom. The highest BCUT2D eigenvalue weighted by atomic mass is 79.9. The molecule has 0 aliphatic rings. The Bertz CT molecular complexity index is 634. The van der Waals surface area contributed by atoms with Gasteiger partial charge in [0.25, 0.3) is 0 Å². The molecule has 2 aromatic rings. The Morgan fingerprint density at radius 1 is 1.10 bits per heavy atom. The standard InChI is InChI=1S/C17H17BrN2/c1-3-13-6-5-7-14(4-2)17(13)20-16-9-12(11-19)8-15(18)10-16/h5-10,20H,3-4H2,1-2H3. The molecule has 2 aromatic carbocycles. The average Bonchev–Trinajstić information content (AvgIpc) is 2.46. The van der Waals surface area contributed by atoms with Gasteiger partial charge >= 0.3 is 0 Å². The van der Waals surface area contributed by atoms with Gasteiger partial charge in [-0.1, -0.05) is 48.0 Å². The number of anilines is 2. The zero-order valence-corrected chi connectivity index (χ0v) is 13.3. The molecule has 0 aliphatic carbocycles. The molecule has 0 heterocycles. The van der Waals surface area contributed by atoms with Gasteiger partial charge < -0.3 is 5.32 Å². The highest BCUT2D eigenvalue weighted by molar-refractivity contribution is 9.10. The van der Waals surface area contributed by atoms with Crippen molar-refractivity contribution < 1.29 is 0 Å². The predicted octanol–water partition coefficient (Wildman–Crippen LogP) is 5.19. The lowest BCUT2D eigenvalue weighted by molar-refractivity contribution is 1.09. The molecule has 2 nitrogen and oxygen atoms in total. The first-order valence-corrected chi connectivity index (χ1v) is 7.55. The Kier molecular flexibility index (Phi) is 4.81. The van der Waals surface area contributed by atoms with Crippen molar-refractivity contribution in [1.29, 1.82) is 5.26 Å². The number of nitrogens with one attached hydrogen (secondary N) is 1. The molecule has 0 atom stereocenters. The number of hydrogen-bond donors (Lipinski definition) is 1. The molecule has 0 saturated carbocycles. The van der Waals surface area contributed by atoms with Crippen LogP contribution in [0.25, 0.3) is 0 Å². The van der Waals surface area contributed by atoms with Gasteiger partial charge in [-0.05, 0) is 42.2 Å². The van der Waals surface area contributed by atoms with E-state index in [1.54, 1.807) is 0 Å². The first-order chi connectivity index (χ1) is 9.67. The van der Waals surface area contributed by atoms with Crippen LogP contribution in [0.1, 0.15) is 30.5 Å². The third-order valence-corrected chi connectivity index (χ3v) is 3.75. The number of halogens is 1. The number of para-hydroxylation sites is 1. The van der Waals surface area contributed by atoms with Crippen LogP contribution in [-0.2, 0) is 12.8 Å². The van der Waals surface area contributed by atoms with E-state index < -0.39 is 0 Å². The maximum absolute atomic E-state index is 9.06. The zero-order chi connectivity index (χ0) is 14.5. The van der Waals surface area contributed by atoms with Crippen molar-refractivity contribution in [2.75, 3.05) is 5.32 Å². The monoisotopic (exact) mass is 328 g/mol. The number of aryl methyl sites for hydroxylation is 2. The van der Waals surface area contributed by atoms with Crippen LogP contribution in [0.5, 0.6) is 0 Å². The van der Waals surface area contributed by atoms with Crippen molar-refractivity contribution in [3.8, 4) is 6.07 Å². The van der Waals surface area contributed by atoms with Crippen molar-refractivity contribution in [1.82, 2.24) is 0 Å². The first kappa shape index (κ1) is 14.6. The van der Waals surface area contributed by atoms with E-state index in [4.69, 9.17) is 5.26 Å².